The number of carbonyl (C=O) groups is 2. The van der Waals surface area contributed by atoms with Crippen LogP contribution < -0.4 is 0 Å². The summed E-state index contributed by atoms with van der Waals surface area (Å²) in [4.78, 5) is 25.9. The van der Waals surface area contributed by atoms with E-state index in [2.05, 4.69) is 19.1 Å². The summed E-state index contributed by atoms with van der Waals surface area (Å²) in [5, 5.41) is 20.3. The molecule has 0 saturated carbocycles. The lowest BCUT2D eigenvalue weighted by Crippen LogP contribution is -2.27. The Morgan fingerprint density at radius 3 is 1.92 bits per heavy atom. The normalized spacial score (nSPS) is 14.0. The minimum Gasteiger partial charge on any atom is -0.507 e. The van der Waals surface area contributed by atoms with E-state index in [1.54, 1.807) is 0 Å². The van der Waals surface area contributed by atoms with E-state index in [1.807, 2.05) is 19.9 Å². The molecule has 5 heteroatoms. The van der Waals surface area contributed by atoms with Gasteiger partial charge in [0.05, 0.1) is 17.2 Å². The lowest BCUT2D eigenvalue weighted by Gasteiger charge is -2.24. The van der Waals surface area contributed by atoms with Crippen LogP contribution in [0.15, 0.2) is 47.6 Å². The molecule has 2 N–H and O–H groups in total. The van der Waals surface area contributed by atoms with Crippen LogP contribution in [-0.2, 0) is 4.74 Å². The molecule has 0 fully saturated rings. The maximum atomic E-state index is 13.2. The van der Waals surface area contributed by atoms with Crippen molar-refractivity contribution in [1.82, 2.24) is 0 Å². The van der Waals surface area contributed by atoms with Crippen LogP contribution in [0.1, 0.15) is 138 Å². The third-order valence-electron chi connectivity index (χ3n) is 7.25. The van der Waals surface area contributed by atoms with Crippen LogP contribution in [-0.4, -0.2) is 34.5 Å². The molecular formula is C34H50O5. The number of rotatable bonds is 20. The molecule has 2 rings (SSSR count). The van der Waals surface area contributed by atoms with E-state index in [-0.39, 0.29) is 28.2 Å². The van der Waals surface area contributed by atoms with Gasteiger partial charge in [-0.2, -0.15) is 0 Å². The van der Waals surface area contributed by atoms with Crippen LogP contribution in [0.25, 0.3) is 0 Å². The molecule has 1 aliphatic carbocycles. The molecule has 1 aromatic rings. The molecule has 1 unspecified atom stereocenters. The fraction of sp³-hybridized carbons (Fsp3) is 0.588. The number of ketones is 2. The first-order chi connectivity index (χ1) is 18.9. The topological polar surface area (TPSA) is 83.8 Å². The van der Waals surface area contributed by atoms with Gasteiger partial charge in [0.1, 0.15) is 11.5 Å². The number of allylic oxidation sites excluding steroid dienone is 4. The number of fused-ring (bicyclic) bond motifs is 1. The predicted octanol–water partition coefficient (Wildman–Crippen LogP) is 9.18. The Bertz CT molecular complexity index is 997. The van der Waals surface area contributed by atoms with Crippen molar-refractivity contribution >= 4 is 11.6 Å². The van der Waals surface area contributed by atoms with Gasteiger partial charge in [-0.15, -0.1) is 0 Å². The Kier molecular flexibility index (Phi) is 15.5. The molecule has 0 radical (unpaired) electrons. The van der Waals surface area contributed by atoms with Crippen molar-refractivity contribution in [3.63, 3.8) is 0 Å². The first kappa shape index (κ1) is 32.6. The molecule has 0 bridgehead atoms. The molecule has 1 atom stereocenters. The van der Waals surface area contributed by atoms with Crippen molar-refractivity contribution in [2.45, 2.75) is 123 Å². The van der Waals surface area contributed by atoms with Crippen LogP contribution >= 0.6 is 0 Å². The first-order valence-electron chi connectivity index (χ1n) is 15.1. The number of Topliss-reactive ketones (excluding diaryl/α,β-unsaturated/α-hetero) is 1. The van der Waals surface area contributed by atoms with Gasteiger partial charge in [0.25, 0.3) is 0 Å². The third-order valence-corrected chi connectivity index (χ3v) is 7.25. The molecule has 39 heavy (non-hydrogen) atoms. The van der Waals surface area contributed by atoms with Gasteiger partial charge >= 0.3 is 0 Å². The maximum absolute atomic E-state index is 13.2. The van der Waals surface area contributed by atoms with Crippen molar-refractivity contribution in [1.29, 1.82) is 0 Å². The van der Waals surface area contributed by atoms with E-state index in [0.29, 0.717) is 13.0 Å². The zero-order valence-corrected chi connectivity index (χ0v) is 24.5. The summed E-state index contributed by atoms with van der Waals surface area (Å²) in [6.07, 6.45) is 25.1. The number of hydrogen-bond acceptors (Lipinski definition) is 5. The van der Waals surface area contributed by atoms with Gasteiger partial charge in [-0.05, 0) is 70.6 Å². The van der Waals surface area contributed by atoms with Crippen molar-refractivity contribution < 1.29 is 24.5 Å². The highest BCUT2D eigenvalue weighted by Gasteiger charge is 2.34. The minimum absolute atomic E-state index is 0.138. The highest BCUT2D eigenvalue weighted by Crippen LogP contribution is 2.36. The van der Waals surface area contributed by atoms with Gasteiger partial charge < -0.3 is 14.9 Å². The molecule has 1 aliphatic rings. The van der Waals surface area contributed by atoms with Crippen molar-refractivity contribution in [3.05, 3.63) is 58.7 Å². The Hall–Kier alpha value is -2.66. The van der Waals surface area contributed by atoms with Crippen LogP contribution in [0, 0.1) is 0 Å². The lowest BCUT2D eigenvalue weighted by atomic mass is 9.85. The standard InChI is InChI=1S/C34H50O5/c1-4-5-6-7-8-9-10-11-12-13-14-15-16-17-18-19-24-39-31(23-20-26(2)3)27-25-30(37)32-28(35)21-22-29(36)33(32)34(27)38/h11-12,20-22,25,31,35-36H,4-10,13-19,23-24H2,1-3H3. The van der Waals surface area contributed by atoms with Crippen molar-refractivity contribution in [2.75, 3.05) is 6.61 Å². The molecule has 0 heterocycles. The van der Waals surface area contributed by atoms with E-state index >= 15 is 0 Å². The van der Waals surface area contributed by atoms with Gasteiger partial charge in [0.2, 0.25) is 0 Å². The molecule has 0 aliphatic heterocycles. The molecule has 216 valence electrons. The Morgan fingerprint density at radius 2 is 1.33 bits per heavy atom. The Balaban J connectivity index is 1.70. The SMILES string of the molecule is CCCCCCCCC=CCCCCCCCCOC(CC=C(C)C)C1=CC(=O)c2c(O)ccc(O)c2C1=O. The van der Waals surface area contributed by atoms with Gasteiger partial charge in [0.15, 0.2) is 11.6 Å². The van der Waals surface area contributed by atoms with Crippen LogP contribution in [0.2, 0.25) is 0 Å². The van der Waals surface area contributed by atoms with E-state index in [9.17, 15) is 19.8 Å². The monoisotopic (exact) mass is 538 g/mol. The van der Waals surface area contributed by atoms with Crippen LogP contribution in [0.3, 0.4) is 0 Å². The second-order valence-electron chi connectivity index (χ2n) is 11.0. The van der Waals surface area contributed by atoms with Crippen LogP contribution in [0.5, 0.6) is 11.5 Å². The molecule has 0 spiro atoms. The molecular weight excluding hydrogens is 488 g/mol. The Labute approximate surface area is 236 Å². The van der Waals surface area contributed by atoms with E-state index in [0.717, 1.165) is 24.8 Å². The van der Waals surface area contributed by atoms with Gasteiger partial charge in [-0.1, -0.05) is 88.5 Å². The van der Waals surface area contributed by atoms with Crippen LogP contribution in [0.4, 0.5) is 0 Å². The molecule has 0 saturated heterocycles. The maximum Gasteiger partial charge on any atom is 0.196 e. The van der Waals surface area contributed by atoms with Gasteiger partial charge in [0, 0.05) is 12.2 Å². The highest BCUT2D eigenvalue weighted by molar-refractivity contribution is 6.27. The third kappa shape index (κ3) is 11.5. The smallest absolute Gasteiger partial charge is 0.196 e. The van der Waals surface area contributed by atoms with Crippen molar-refractivity contribution in [3.8, 4) is 11.5 Å². The highest BCUT2D eigenvalue weighted by atomic mass is 16.5. The van der Waals surface area contributed by atoms with Gasteiger partial charge in [-0.25, -0.2) is 0 Å². The number of hydrogen-bond donors (Lipinski definition) is 2. The summed E-state index contributed by atoms with van der Waals surface area (Å²) in [5.41, 5.74) is 1.05. The van der Waals surface area contributed by atoms with Gasteiger partial charge in [-0.3, -0.25) is 9.59 Å². The molecule has 0 amide bonds. The predicted molar refractivity (Wildman–Crippen MR) is 160 cm³/mol. The molecule has 0 aromatic heterocycles. The number of carbonyl (C=O) groups excluding carboxylic acids is 2. The average molecular weight is 539 g/mol. The summed E-state index contributed by atoms with van der Waals surface area (Å²) in [7, 11) is 0. The van der Waals surface area contributed by atoms with E-state index < -0.39 is 17.7 Å². The van der Waals surface area contributed by atoms with Crippen molar-refractivity contribution in [2.24, 2.45) is 0 Å². The summed E-state index contributed by atoms with van der Waals surface area (Å²) in [6, 6.07) is 2.46. The first-order valence-corrected chi connectivity index (χ1v) is 15.1. The summed E-state index contributed by atoms with van der Waals surface area (Å²) < 4.78 is 6.12. The number of aromatic hydroxyl groups is 2. The fourth-order valence-corrected chi connectivity index (χ4v) is 4.93. The Morgan fingerprint density at radius 1 is 0.795 bits per heavy atom. The molecule has 5 nitrogen and oxygen atoms in total. The minimum atomic E-state index is -0.575. The number of benzene rings is 1. The number of phenolic OH excluding ortho intramolecular Hbond substituents is 2. The summed E-state index contributed by atoms with van der Waals surface area (Å²) in [5.74, 6) is -1.56. The quantitative estimate of drug-likeness (QED) is 0.0982. The lowest BCUT2D eigenvalue weighted by molar-refractivity contribution is 0.0670. The second-order valence-corrected chi connectivity index (χ2v) is 11.0. The summed E-state index contributed by atoms with van der Waals surface area (Å²) >= 11 is 0. The van der Waals surface area contributed by atoms with E-state index in [4.69, 9.17) is 4.74 Å². The number of phenols is 2. The zero-order chi connectivity index (χ0) is 28.5. The number of ether oxygens (including phenoxy) is 1. The molecule has 1 aromatic carbocycles. The largest absolute Gasteiger partial charge is 0.507 e. The average Bonchev–Trinajstić information content (AvgIpc) is 2.91. The fourth-order valence-electron chi connectivity index (χ4n) is 4.93. The summed E-state index contributed by atoms with van der Waals surface area (Å²) in [6.45, 7) is 6.71. The number of unbranched alkanes of at least 4 members (excludes halogenated alkanes) is 12. The van der Waals surface area contributed by atoms with E-state index in [1.165, 1.54) is 88.8 Å². The second kappa shape index (κ2) is 18.6. The zero-order valence-electron chi connectivity index (χ0n) is 24.5.